The Bertz CT molecular complexity index is 753. The van der Waals surface area contributed by atoms with Crippen molar-refractivity contribution in [1.82, 2.24) is 19.9 Å². The first-order valence-corrected chi connectivity index (χ1v) is 7.95. The molecule has 0 bridgehead atoms. The van der Waals surface area contributed by atoms with Crippen LogP contribution < -0.4 is 0 Å². The highest BCUT2D eigenvalue weighted by atomic mass is 79.9. The summed E-state index contributed by atoms with van der Waals surface area (Å²) in [6.07, 6.45) is 1.96. The number of nitrogens with zero attached hydrogens (tertiary/aromatic N) is 4. The molecule has 0 radical (unpaired) electrons. The van der Waals surface area contributed by atoms with Crippen molar-refractivity contribution in [3.05, 3.63) is 40.1 Å². The van der Waals surface area contributed by atoms with Crippen LogP contribution in [0, 0.1) is 0 Å². The van der Waals surface area contributed by atoms with E-state index in [1.807, 2.05) is 24.3 Å². The number of aliphatic carboxylic acids is 1. The van der Waals surface area contributed by atoms with Crippen molar-refractivity contribution in [3.8, 4) is 5.69 Å². The van der Waals surface area contributed by atoms with Crippen molar-refractivity contribution in [2.24, 2.45) is 0 Å². The van der Waals surface area contributed by atoms with E-state index in [-0.39, 0.29) is 18.2 Å². The zero-order valence-corrected chi connectivity index (χ0v) is 14.0. The summed E-state index contributed by atoms with van der Waals surface area (Å²) in [5, 5.41) is 17.0. The number of amides is 1. The van der Waals surface area contributed by atoms with Crippen molar-refractivity contribution in [2.45, 2.75) is 18.8 Å². The summed E-state index contributed by atoms with van der Waals surface area (Å²) in [5.74, 6) is -1.24. The predicted octanol–water partition coefficient (Wildman–Crippen LogP) is 2.06. The standard InChI is InChI=1S/C15H15BrN4O3/c1-19(8-12(21)22)15(23)13-14(9-2-3-9)20(18-17-13)11-6-4-10(16)5-7-11/h4-7,9H,2-3,8H2,1H3,(H,21,22). The molecule has 23 heavy (non-hydrogen) atoms. The van der Waals surface area contributed by atoms with Crippen LogP contribution in [0.1, 0.15) is 34.9 Å². The topological polar surface area (TPSA) is 88.3 Å². The van der Waals surface area contributed by atoms with Gasteiger partial charge in [0, 0.05) is 17.4 Å². The fourth-order valence-corrected chi connectivity index (χ4v) is 2.66. The molecule has 1 N–H and O–H groups in total. The number of carbonyl (C=O) groups is 2. The van der Waals surface area contributed by atoms with E-state index in [4.69, 9.17) is 5.11 Å². The number of carbonyl (C=O) groups excluding carboxylic acids is 1. The number of likely N-dealkylation sites (N-methyl/N-ethyl adjacent to an activating group) is 1. The van der Waals surface area contributed by atoms with Gasteiger partial charge in [0.2, 0.25) is 0 Å². The van der Waals surface area contributed by atoms with Gasteiger partial charge >= 0.3 is 5.97 Å². The van der Waals surface area contributed by atoms with E-state index in [0.717, 1.165) is 33.6 Å². The first-order valence-electron chi connectivity index (χ1n) is 7.16. The van der Waals surface area contributed by atoms with E-state index in [0.29, 0.717) is 0 Å². The average Bonchev–Trinajstić information content (AvgIpc) is 3.25. The molecule has 0 saturated heterocycles. The lowest BCUT2D eigenvalue weighted by molar-refractivity contribution is -0.137. The van der Waals surface area contributed by atoms with Gasteiger partial charge in [0.05, 0.1) is 11.4 Å². The highest BCUT2D eigenvalue weighted by molar-refractivity contribution is 9.10. The molecule has 0 spiro atoms. The third kappa shape index (κ3) is 3.26. The van der Waals surface area contributed by atoms with Crippen molar-refractivity contribution < 1.29 is 14.7 Å². The zero-order chi connectivity index (χ0) is 16.6. The van der Waals surface area contributed by atoms with Gasteiger partial charge in [0.15, 0.2) is 5.69 Å². The Morgan fingerprint density at radius 2 is 2.00 bits per heavy atom. The molecule has 1 heterocycles. The van der Waals surface area contributed by atoms with Crippen molar-refractivity contribution in [3.63, 3.8) is 0 Å². The number of carboxylic acids is 1. The molecular formula is C15H15BrN4O3. The molecule has 1 aromatic carbocycles. The molecule has 0 unspecified atom stereocenters. The van der Waals surface area contributed by atoms with Gasteiger partial charge in [-0.15, -0.1) is 5.10 Å². The van der Waals surface area contributed by atoms with Gasteiger partial charge in [-0.2, -0.15) is 0 Å². The summed E-state index contributed by atoms with van der Waals surface area (Å²) in [7, 11) is 1.45. The second-order valence-corrected chi connectivity index (χ2v) is 6.46. The van der Waals surface area contributed by atoms with E-state index < -0.39 is 11.9 Å². The van der Waals surface area contributed by atoms with Crippen LogP contribution >= 0.6 is 15.9 Å². The Kier molecular flexibility index (Phi) is 4.16. The van der Waals surface area contributed by atoms with Crippen LogP contribution in [-0.2, 0) is 4.79 Å². The summed E-state index contributed by atoms with van der Waals surface area (Å²) in [4.78, 5) is 24.4. The van der Waals surface area contributed by atoms with Crippen molar-refractivity contribution >= 4 is 27.8 Å². The summed E-state index contributed by atoms with van der Waals surface area (Å²) in [5.41, 5.74) is 1.82. The molecule has 0 aliphatic heterocycles. The fraction of sp³-hybridized carbons (Fsp3) is 0.333. The molecule has 1 saturated carbocycles. The van der Waals surface area contributed by atoms with Crippen LogP contribution in [0.2, 0.25) is 0 Å². The van der Waals surface area contributed by atoms with E-state index in [9.17, 15) is 9.59 Å². The molecule has 1 fully saturated rings. The highest BCUT2D eigenvalue weighted by Gasteiger charge is 2.35. The van der Waals surface area contributed by atoms with Gasteiger partial charge in [0.25, 0.3) is 5.91 Å². The number of benzene rings is 1. The molecular weight excluding hydrogens is 364 g/mol. The normalized spacial score (nSPS) is 13.8. The maximum absolute atomic E-state index is 12.5. The van der Waals surface area contributed by atoms with E-state index in [1.165, 1.54) is 7.05 Å². The van der Waals surface area contributed by atoms with Crippen LogP contribution in [0.4, 0.5) is 0 Å². The van der Waals surface area contributed by atoms with Gasteiger partial charge < -0.3 is 10.0 Å². The predicted molar refractivity (Wildman–Crippen MR) is 85.6 cm³/mol. The quantitative estimate of drug-likeness (QED) is 0.859. The van der Waals surface area contributed by atoms with E-state index in [1.54, 1.807) is 4.68 Å². The SMILES string of the molecule is CN(CC(=O)O)C(=O)c1nnn(-c2ccc(Br)cc2)c1C1CC1. The van der Waals surface area contributed by atoms with Gasteiger partial charge in [0.1, 0.15) is 6.54 Å². The van der Waals surface area contributed by atoms with Crippen LogP contribution in [0.25, 0.3) is 5.69 Å². The van der Waals surface area contributed by atoms with Gasteiger partial charge in [-0.25, -0.2) is 4.68 Å². The van der Waals surface area contributed by atoms with Crippen molar-refractivity contribution in [2.75, 3.05) is 13.6 Å². The second kappa shape index (κ2) is 6.11. The molecule has 1 amide bonds. The van der Waals surface area contributed by atoms with Gasteiger partial charge in [-0.05, 0) is 37.1 Å². The third-order valence-corrected chi connectivity index (χ3v) is 4.19. The number of hydrogen-bond acceptors (Lipinski definition) is 4. The van der Waals surface area contributed by atoms with Crippen molar-refractivity contribution in [1.29, 1.82) is 0 Å². The number of aromatic nitrogens is 3. The Labute approximate surface area is 141 Å². The van der Waals surface area contributed by atoms with Crippen LogP contribution in [-0.4, -0.2) is 50.5 Å². The summed E-state index contributed by atoms with van der Waals surface area (Å²) in [6, 6.07) is 7.57. The Balaban J connectivity index is 1.97. The maximum Gasteiger partial charge on any atom is 0.323 e. The minimum atomic E-state index is -1.06. The molecule has 8 heteroatoms. The Morgan fingerprint density at radius 3 is 2.57 bits per heavy atom. The van der Waals surface area contributed by atoms with Crippen LogP contribution in [0.15, 0.2) is 28.7 Å². The average molecular weight is 379 g/mol. The lowest BCUT2D eigenvalue weighted by Gasteiger charge is -2.14. The molecule has 2 aromatic rings. The maximum atomic E-state index is 12.5. The molecule has 1 aliphatic rings. The number of carboxylic acid groups (broad SMARTS) is 1. The van der Waals surface area contributed by atoms with Gasteiger partial charge in [-0.3, -0.25) is 9.59 Å². The lowest BCUT2D eigenvalue weighted by atomic mass is 10.2. The third-order valence-electron chi connectivity index (χ3n) is 3.66. The first-order chi connectivity index (χ1) is 11.0. The highest BCUT2D eigenvalue weighted by Crippen LogP contribution is 2.42. The Hall–Kier alpha value is -2.22. The minimum absolute atomic E-state index is 0.235. The number of halogens is 1. The fourth-order valence-electron chi connectivity index (χ4n) is 2.39. The molecule has 7 nitrogen and oxygen atoms in total. The number of rotatable bonds is 5. The first kappa shape index (κ1) is 15.7. The van der Waals surface area contributed by atoms with Gasteiger partial charge in [-0.1, -0.05) is 21.1 Å². The molecule has 0 atom stereocenters. The summed E-state index contributed by atoms with van der Waals surface area (Å²) in [6.45, 7) is -0.367. The summed E-state index contributed by atoms with van der Waals surface area (Å²) < 4.78 is 2.62. The zero-order valence-electron chi connectivity index (χ0n) is 12.4. The summed E-state index contributed by atoms with van der Waals surface area (Å²) >= 11 is 3.39. The number of hydrogen-bond donors (Lipinski definition) is 1. The van der Waals surface area contributed by atoms with Crippen LogP contribution in [0.5, 0.6) is 0 Å². The van der Waals surface area contributed by atoms with Crippen LogP contribution in [0.3, 0.4) is 0 Å². The monoisotopic (exact) mass is 378 g/mol. The van der Waals surface area contributed by atoms with E-state index >= 15 is 0 Å². The molecule has 1 aromatic heterocycles. The minimum Gasteiger partial charge on any atom is -0.480 e. The van der Waals surface area contributed by atoms with E-state index in [2.05, 4.69) is 26.2 Å². The molecule has 3 rings (SSSR count). The smallest absolute Gasteiger partial charge is 0.323 e. The second-order valence-electron chi connectivity index (χ2n) is 5.54. The molecule has 1 aliphatic carbocycles. The molecule has 120 valence electrons. The largest absolute Gasteiger partial charge is 0.480 e. The Morgan fingerprint density at radius 1 is 1.35 bits per heavy atom. The lowest BCUT2D eigenvalue weighted by Crippen LogP contribution is -2.32.